The van der Waals surface area contributed by atoms with Gasteiger partial charge in [-0.25, -0.2) is 0 Å². The van der Waals surface area contributed by atoms with Crippen LogP contribution in [-0.4, -0.2) is 16.3 Å². The largest absolute Gasteiger partial charge is 0.424 e. The summed E-state index contributed by atoms with van der Waals surface area (Å²) in [7, 11) is 1.77. The molecule has 1 aromatic heterocycles. The first-order valence-corrected chi connectivity index (χ1v) is 5.66. The van der Waals surface area contributed by atoms with Gasteiger partial charge in [0, 0.05) is 18.7 Å². The van der Waals surface area contributed by atoms with E-state index in [-0.39, 0.29) is 18.2 Å². The van der Waals surface area contributed by atoms with Crippen LogP contribution >= 0.6 is 0 Å². The molecule has 0 aliphatic carbocycles. The zero-order valence-corrected chi connectivity index (χ0v) is 9.84. The fourth-order valence-electron chi connectivity index (χ4n) is 2.16. The molecule has 0 N–H and O–H groups in total. The third-order valence-electron chi connectivity index (χ3n) is 3.12. The van der Waals surface area contributed by atoms with E-state index in [0.717, 1.165) is 5.69 Å². The molecule has 0 fully saturated rings. The summed E-state index contributed by atoms with van der Waals surface area (Å²) >= 11 is 0. The summed E-state index contributed by atoms with van der Waals surface area (Å²) in [5, 5.41) is 0. The first-order valence-electron chi connectivity index (χ1n) is 5.66. The van der Waals surface area contributed by atoms with Crippen molar-refractivity contribution in [1.82, 2.24) is 4.57 Å². The smallest absolute Gasteiger partial charge is 0.317 e. The Labute approximate surface area is 104 Å². The predicted octanol–water partition coefficient (Wildman–Crippen LogP) is 1.72. The van der Waals surface area contributed by atoms with Crippen LogP contribution in [0.3, 0.4) is 0 Å². The van der Waals surface area contributed by atoms with Gasteiger partial charge < -0.3 is 9.30 Å². The summed E-state index contributed by atoms with van der Waals surface area (Å²) in [6, 6.07) is 10.7. The number of ketones is 1. The van der Waals surface area contributed by atoms with Crippen LogP contribution in [0.25, 0.3) is 0 Å². The lowest BCUT2D eigenvalue weighted by Gasteiger charge is -2.04. The topological polar surface area (TPSA) is 48.3 Å². The summed E-state index contributed by atoms with van der Waals surface area (Å²) in [5.74, 6) is 0.166. The zero-order chi connectivity index (χ0) is 12.7. The molecule has 1 aromatic carbocycles. The highest BCUT2D eigenvalue weighted by molar-refractivity contribution is 6.08. The SMILES string of the molecule is Cn1c(C(=O)c2ccccc2)cc2c1CC(=O)O2. The second kappa shape index (κ2) is 3.84. The van der Waals surface area contributed by atoms with E-state index >= 15 is 0 Å². The summed E-state index contributed by atoms with van der Waals surface area (Å²) in [4.78, 5) is 23.4. The maximum atomic E-state index is 12.3. The van der Waals surface area contributed by atoms with Gasteiger partial charge in [0.15, 0.2) is 5.75 Å². The number of nitrogens with zero attached hydrogens (tertiary/aromatic N) is 1. The van der Waals surface area contributed by atoms with E-state index in [9.17, 15) is 9.59 Å². The Hall–Kier alpha value is -2.36. The van der Waals surface area contributed by atoms with E-state index in [1.165, 1.54) is 0 Å². The van der Waals surface area contributed by atoms with Gasteiger partial charge >= 0.3 is 5.97 Å². The monoisotopic (exact) mass is 241 g/mol. The highest BCUT2D eigenvalue weighted by Crippen LogP contribution is 2.30. The molecule has 90 valence electrons. The van der Waals surface area contributed by atoms with Gasteiger partial charge in [-0.3, -0.25) is 9.59 Å². The quantitative estimate of drug-likeness (QED) is 0.594. The lowest BCUT2D eigenvalue weighted by atomic mass is 10.1. The van der Waals surface area contributed by atoms with Gasteiger partial charge in [-0.15, -0.1) is 0 Å². The minimum absolute atomic E-state index is 0.0662. The number of rotatable bonds is 2. The van der Waals surface area contributed by atoms with Gasteiger partial charge in [-0.2, -0.15) is 0 Å². The minimum Gasteiger partial charge on any atom is -0.424 e. The molecule has 0 radical (unpaired) electrons. The average molecular weight is 241 g/mol. The molecule has 3 rings (SSSR count). The highest BCUT2D eigenvalue weighted by atomic mass is 16.5. The molecule has 4 heteroatoms. The number of carbonyl (C=O) groups is 2. The Kier molecular flexibility index (Phi) is 2.30. The molecule has 0 bridgehead atoms. The maximum Gasteiger partial charge on any atom is 0.317 e. The Morgan fingerprint density at radius 3 is 2.67 bits per heavy atom. The summed E-state index contributed by atoms with van der Waals surface area (Å²) < 4.78 is 6.77. The van der Waals surface area contributed by atoms with Crippen LogP contribution in [0.4, 0.5) is 0 Å². The number of benzene rings is 1. The number of carbonyl (C=O) groups excluding carboxylic acids is 2. The summed E-state index contributed by atoms with van der Waals surface area (Å²) in [5.41, 5.74) is 1.93. The fraction of sp³-hybridized carbons (Fsp3) is 0.143. The Morgan fingerprint density at radius 2 is 2.00 bits per heavy atom. The Bertz CT molecular complexity index is 641. The van der Waals surface area contributed by atoms with Crippen LogP contribution in [-0.2, 0) is 18.3 Å². The first kappa shape index (κ1) is 10.8. The molecule has 1 aliphatic rings. The van der Waals surface area contributed by atoms with Crippen molar-refractivity contribution in [2.75, 3.05) is 0 Å². The third-order valence-corrected chi connectivity index (χ3v) is 3.12. The lowest BCUT2D eigenvalue weighted by Crippen LogP contribution is -2.11. The van der Waals surface area contributed by atoms with Crippen LogP contribution in [0.2, 0.25) is 0 Å². The zero-order valence-electron chi connectivity index (χ0n) is 9.84. The minimum atomic E-state index is -0.269. The van der Waals surface area contributed by atoms with Gasteiger partial charge in [0.25, 0.3) is 0 Å². The van der Waals surface area contributed by atoms with Gasteiger partial charge in [0.2, 0.25) is 5.78 Å². The van der Waals surface area contributed by atoms with E-state index < -0.39 is 0 Å². The van der Waals surface area contributed by atoms with Gasteiger partial charge in [-0.05, 0) is 0 Å². The molecule has 0 atom stereocenters. The Morgan fingerprint density at radius 1 is 1.28 bits per heavy atom. The van der Waals surface area contributed by atoms with Crippen LogP contribution in [0.1, 0.15) is 21.7 Å². The molecule has 0 spiro atoms. The second-order valence-corrected chi connectivity index (χ2v) is 4.25. The fourth-order valence-corrected chi connectivity index (χ4v) is 2.16. The number of hydrogen-bond acceptors (Lipinski definition) is 3. The van der Waals surface area contributed by atoms with E-state index in [2.05, 4.69) is 0 Å². The van der Waals surface area contributed by atoms with Gasteiger partial charge in [0.1, 0.15) is 0 Å². The van der Waals surface area contributed by atoms with E-state index in [1.54, 1.807) is 29.8 Å². The number of hydrogen-bond donors (Lipinski definition) is 0. The molecule has 18 heavy (non-hydrogen) atoms. The molecule has 0 unspecified atom stereocenters. The molecule has 0 saturated heterocycles. The van der Waals surface area contributed by atoms with E-state index in [1.807, 2.05) is 18.2 Å². The maximum absolute atomic E-state index is 12.3. The summed E-state index contributed by atoms with van der Waals surface area (Å²) in [6.07, 6.45) is 0.230. The molecular formula is C14H11NO3. The standard InChI is InChI=1S/C14H11NO3/c1-15-10-8-13(16)18-12(10)7-11(15)14(17)9-5-3-2-4-6-9/h2-7H,8H2,1H3. The number of fused-ring (bicyclic) bond motifs is 1. The third kappa shape index (κ3) is 1.54. The Balaban J connectivity index is 2.02. The van der Waals surface area contributed by atoms with Gasteiger partial charge in [-0.1, -0.05) is 30.3 Å². The van der Waals surface area contributed by atoms with Crippen LogP contribution in [0.15, 0.2) is 36.4 Å². The molecule has 0 amide bonds. The molecular weight excluding hydrogens is 230 g/mol. The molecule has 2 heterocycles. The van der Waals surface area contributed by atoms with Crippen molar-refractivity contribution in [3.05, 3.63) is 53.3 Å². The molecule has 2 aromatic rings. The van der Waals surface area contributed by atoms with Crippen molar-refractivity contribution in [3.63, 3.8) is 0 Å². The number of ether oxygens (including phenoxy) is 1. The predicted molar refractivity (Wildman–Crippen MR) is 64.6 cm³/mol. The van der Waals surface area contributed by atoms with Gasteiger partial charge in [0.05, 0.1) is 17.8 Å². The van der Waals surface area contributed by atoms with Crippen molar-refractivity contribution in [1.29, 1.82) is 0 Å². The normalized spacial score (nSPS) is 13.3. The molecule has 0 saturated carbocycles. The molecule has 4 nitrogen and oxygen atoms in total. The average Bonchev–Trinajstić information content (AvgIpc) is 2.88. The number of esters is 1. The van der Waals surface area contributed by atoms with Crippen LogP contribution in [0.5, 0.6) is 5.75 Å². The van der Waals surface area contributed by atoms with Crippen molar-refractivity contribution in [2.24, 2.45) is 7.05 Å². The second-order valence-electron chi connectivity index (χ2n) is 4.25. The van der Waals surface area contributed by atoms with Crippen molar-refractivity contribution in [2.45, 2.75) is 6.42 Å². The van der Waals surface area contributed by atoms with Crippen molar-refractivity contribution < 1.29 is 14.3 Å². The highest BCUT2D eigenvalue weighted by Gasteiger charge is 2.28. The molecule has 1 aliphatic heterocycles. The first-order chi connectivity index (χ1) is 8.66. The van der Waals surface area contributed by atoms with Crippen LogP contribution in [0, 0.1) is 0 Å². The van der Waals surface area contributed by atoms with Crippen LogP contribution < -0.4 is 4.74 Å². The van der Waals surface area contributed by atoms with Crippen molar-refractivity contribution >= 4 is 11.8 Å². The van der Waals surface area contributed by atoms with E-state index in [0.29, 0.717) is 17.0 Å². The number of aromatic nitrogens is 1. The van der Waals surface area contributed by atoms with E-state index in [4.69, 9.17) is 4.74 Å². The lowest BCUT2D eigenvalue weighted by molar-refractivity contribution is -0.131. The summed E-state index contributed by atoms with van der Waals surface area (Å²) in [6.45, 7) is 0. The van der Waals surface area contributed by atoms with Crippen molar-refractivity contribution in [3.8, 4) is 5.75 Å².